The Morgan fingerprint density at radius 1 is 1.23 bits per heavy atom. The summed E-state index contributed by atoms with van der Waals surface area (Å²) in [6, 6.07) is 8.71. The first kappa shape index (κ1) is 17.5. The van der Waals surface area contributed by atoms with Gasteiger partial charge in [0.2, 0.25) is 11.8 Å². The number of nitrogens with two attached hydrogens (primary N) is 1. The number of nitrogens with zero attached hydrogens (tertiary/aromatic N) is 2. The van der Waals surface area contributed by atoms with Gasteiger partial charge in [0.05, 0.1) is 5.41 Å². The number of fused-ring (bicyclic) bond motifs is 1. The zero-order valence-corrected chi connectivity index (χ0v) is 15.6. The topological polar surface area (TPSA) is 66.6 Å². The summed E-state index contributed by atoms with van der Waals surface area (Å²) >= 11 is 0. The molecule has 1 aromatic rings. The van der Waals surface area contributed by atoms with E-state index in [1.807, 2.05) is 4.90 Å². The number of carbonyl (C=O) groups excluding carboxylic acids is 2. The minimum atomic E-state index is -0.290. The Balaban J connectivity index is 1.48. The molecule has 0 aromatic heterocycles. The van der Waals surface area contributed by atoms with Gasteiger partial charge in [-0.05, 0) is 44.1 Å². The van der Waals surface area contributed by atoms with Crippen molar-refractivity contribution in [1.29, 1.82) is 0 Å². The Kier molecular flexibility index (Phi) is 4.51. The number of hydrogen-bond donors (Lipinski definition) is 1. The zero-order chi connectivity index (χ0) is 18.3. The standard InChI is InChI=1S/C21H29N3O2/c1-15-2-5-17(6-3-15)21(9-10-21)20(26)23-12-8-18-16(14-23)4-7-19(25)24(18)13-11-22/h2-3,5-6,16,18H,4,7-14,22H2,1H3. The first-order valence-electron chi connectivity index (χ1n) is 9.91. The molecule has 3 fully saturated rings. The van der Waals surface area contributed by atoms with Gasteiger partial charge in [-0.25, -0.2) is 0 Å². The smallest absolute Gasteiger partial charge is 0.233 e. The van der Waals surface area contributed by atoms with Crippen molar-refractivity contribution in [2.24, 2.45) is 11.7 Å². The van der Waals surface area contributed by atoms with Crippen LogP contribution in [0.1, 0.15) is 43.2 Å². The largest absolute Gasteiger partial charge is 0.341 e. The van der Waals surface area contributed by atoms with Gasteiger partial charge in [-0.2, -0.15) is 0 Å². The lowest BCUT2D eigenvalue weighted by Gasteiger charge is -2.47. The summed E-state index contributed by atoms with van der Waals surface area (Å²) in [6.07, 6.45) is 4.28. The number of likely N-dealkylation sites (tertiary alicyclic amines) is 2. The van der Waals surface area contributed by atoms with Gasteiger partial charge in [0, 0.05) is 38.6 Å². The van der Waals surface area contributed by atoms with Crippen LogP contribution in [0, 0.1) is 12.8 Å². The van der Waals surface area contributed by atoms with E-state index < -0.39 is 0 Å². The average molecular weight is 355 g/mol. The van der Waals surface area contributed by atoms with Crippen LogP contribution in [0.5, 0.6) is 0 Å². The van der Waals surface area contributed by atoms with Crippen molar-refractivity contribution in [3.8, 4) is 0 Å². The van der Waals surface area contributed by atoms with E-state index in [0.29, 0.717) is 31.3 Å². The van der Waals surface area contributed by atoms with Crippen molar-refractivity contribution >= 4 is 11.8 Å². The van der Waals surface area contributed by atoms with Gasteiger partial charge in [0.1, 0.15) is 0 Å². The summed E-state index contributed by atoms with van der Waals surface area (Å²) in [4.78, 5) is 29.6. The van der Waals surface area contributed by atoms with Crippen LogP contribution in [-0.2, 0) is 15.0 Å². The van der Waals surface area contributed by atoms with Crippen LogP contribution in [0.3, 0.4) is 0 Å². The summed E-state index contributed by atoms with van der Waals surface area (Å²) in [5, 5.41) is 0. The first-order chi connectivity index (χ1) is 12.5. The minimum absolute atomic E-state index is 0.231. The summed E-state index contributed by atoms with van der Waals surface area (Å²) in [6.45, 7) is 4.76. The molecule has 0 spiro atoms. The number of rotatable bonds is 4. The molecule has 2 amide bonds. The molecule has 5 heteroatoms. The third-order valence-electron chi connectivity index (χ3n) is 6.56. The third-order valence-corrected chi connectivity index (χ3v) is 6.56. The minimum Gasteiger partial charge on any atom is -0.341 e. The highest BCUT2D eigenvalue weighted by Crippen LogP contribution is 2.50. The fraction of sp³-hybridized carbons (Fsp3) is 0.619. The van der Waals surface area contributed by atoms with Crippen molar-refractivity contribution in [1.82, 2.24) is 9.80 Å². The van der Waals surface area contributed by atoms with Crippen molar-refractivity contribution in [2.75, 3.05) is 26.2 Å². The Labute approximate surface area is 155 Å². The quantitative estimate of drug-likeness (QED) is 0.896. The molecule has 140 valence electrons. The van der Waals surface area contributed by atoms with Gasteiger partial charge in [-0.3, -0.25) is 9.59 Å². The van der Waals surface area contributed by atoms with E-state index >= 15 is 0 Å². The van der Waals surface area contributed by atoms with Crippen LogP contribution in [0.2, 0.25) is 0 Å². The molecule has 26 heavy (non-hydrogen) atoms. The lowest BCUT2D eigenvalue weighted by atomic mass is 9.82. The number of hydrogen-bond acceptors (Lipinski definition) is 3. The predicted molar refractivity (Wildman–Crippen MR) is 101 cm³/mol. The van der Waals surface area contributed by atoms with Gasteiger partial charge in [-0.15, -0.1) is 0 Å². The Morgan fingerprint density at radius 2 is 1.96 bits per heavy atom. The molecule has 2 saturated heterocycles. The second kappa shape index (κ2) is 6.69. The second-order valence-corrected chi connectivity index (χ2v) is 8.23. The monoisotopic (exact) mass is 355 g/mol. The highest BCUT2D eigenvalue weighted by Gasteiger charge is 2.54. The number of piperidine rings is 2. The molecule has 2 heterocycles. The van der Waals surface area contributed by atoms with Crippen molar-refractivity contribution in [3.63, 3.8) is 0 Å². The normalized spacial score (nSPS) is 27.2. The second-order valence-electron chi connectivity index (χ2n) is 8.23. The van der Waals surface area contributed by atoms with Crippen LogP contribution < -0.4 is 5.73 Å². The van der Waals surface area contributed by atoms with E-state index in [4.69, 9.17) is 5.73 Å². The van der Waals surface area contributed by atoms with E-state index in [1.54, 1.807) is 0 Å². The number of amides is 2. The molecule has 0 bridgehead atoms. The van der Waals surface area contributed by atoms with E-state index in [2.05, 4.69) is 36.1 Å². The molecule has 3 aliphatic rings. The fourth-order valence-corrected chi connectivity index (χ4v) is 4.89. The fourth-order valence-electron chi connectivity index (χ4n) is 4.89. The lowest BCUT2D eigenvalue weighted by Crippen LogP contribution is -2.58. The summed E-state index contributed by atoms with van der Waals surface area (Å²) in [5.41, 5.74) is 7.80. The van der Waals surface area contributed by atoms with Crippen molar-refractivity contribution in [3.05, 3.63) is 35.4 Å². The number of carbonyl (C=O) groups is 2. The average Bonchev–Trinajstić information content (AvgIpc) is 3.45. The Hall–Kier alpha value is -1.88. The van der Waals surface area contributed by atoms with Gasteiger partial charge in [0.25, 0.3) is 0 Å². The maximum absolute atomic E-state index is 13.3. The maximum atomic E-state index is 13.3. The van der Waals surface area contributed by atoms with E-state index in [-0.39, 0.29) is 17.4 Å². The summed E-state index contributed by atoms with van der Waals surface area (Å²) in [7, 11) is 0. The van der Waals surface area contributed by atoms with Crippen molar-refractivity contribution in [2.45, 2.75) is 50.5 Å². The number of benzene rings is 1. The summed E-state index contributed by atoms with van der Waals surface area (Å²) in [5.74, 6) is 0.919. The molecule has 2 N–H and O–H groups in total. The molecule has 1 saturated carbocycles. The predicted octanol–water partition coefficient (Wildman–Crippen LogP) is 1.82. The molecule has 4 rings (SSSR count). The Morgan fingerprint density at radius 3 is 2.62 bits per heavy atom. The van der Waals surface area contributed by atoms with E-state index in [0.717, 1.165) is 38.8 Å². The van der Waals surface area contributed by atoms with Crippen LogP contribution in [0.4, 0.5) is 0 Å². The highest BCUT2D eigenvalue weighted by atomic mass is 16.2. The molecule has 2 atom stereocenters. The first-order valence-corrected chi connectivity index (χ1v) is 9.91. The van der Waals surface area contributed by atoms with Crippen LogP contribution in [0.15, 0.2) is 24.3 Å². The molecular weight excluding hydrogens is 326 g/mol. The van der Waals surface area contributed by atoms with Crippen LogP contribution in [-0.4, -0.2) is 53.8 Å². The molecule has 2 unspecified atom stereocenters. The third kappa shape index (κ3) is 2.92. The SMILES string of the molecule is Cc1ccc(C2(C(=O)N3CCC4C(CCC(=O)N4CCN)C3)CC2)cc1. The van der Waals surface area contributed by atoms with E-state index in [9.17, 15) is 9.59 Å². The molecular formula is C21H29N3O2. The molecule has 2 aliphatic heterocycles. The summed E-state index contributed by atoms with van der Waals surface area (Å²) < 4.78 is 0. The number of aryl methyl sites for hydroxylation is 1. The molecule has 5 nitrogen and oxygen atoms in total. The van der Waals surface area contributed by atoms with Gasteiger partial charge >= 0.3 is 0 Å². The van der Waals surface area contributed by atoms with Gasteiger partial charge < -0.3 is 15.5 Å². The van der Waals surface area contributed by atoms with Gasteiger partial charge in [0.15, 0.2) is 0 Å². The molecule has 1 aliphatic carbocycles. The van der Waals surface area contributed by atoms with Gasteiger partial charge in [-0.1, -0.05) is 29.8 Å². The molecule has 0 radical (unpaired) electrons. The van der Waals surface area contributed by atoms with E-state index in [1.165, 1.54) is 11.1 Å². The highest BCUT2D eigenvalue weighted by molar-refractivity contribution is 5.91. The van der Waals surface area contributed by atoms with Crippen LogP contribution >= 0.6 is 0 Å². The lowest BCUT2D eigenvalue weighted by molar-refractivity contribution is -0.145. The zero-order valence-electron chi connectivity index (χ0n) is 15.6. The Bertz CT molecular complexity index is 696. The molecule has 1 aromatic carbocycles. The maximum Gasteiger partial charge on any atom is 0.233 e. The van der Waals surface area contributed by atoms with Crippen molar-refractivity contribution < 1.29 is 9.59 Å². The van der Waals surface area contributed by atoms with Crippen LogP contribution in [0.25, 0.3) is 0 Å².